The molecule has 0 aliphatic heterocycles. The number of aromatic nitrogens is 2. The van der Waals surface area contributed by atoms with E-state index in [0.717, 1.165) is 23.5 Å². The highest BCUT2D eigenvalue weighted by molar-refractivity contribution is 7.98. The van der Waals surface area contributed by atoms with Crippen LogP contribution in [0.25, 0.3) is 5.65 Å². The van der Waals surface area contributed by atoms with Crippen molar-refractivity contribution < 1.29 is 22.4 Å². The molecule has 9 heteroatoms. The molecule has 2 heterocycles. The standard InChI is InChI=1S/C23H17F4N3OS/c24-16-9-8-15(19(11-16)23(25,26)27)12-28-22(31)18-5-1-2-6-20(18)32-14-17-13-30-10-4-3-7-21(30)29-17/h1-11,13H,12,14H2,(H,28,31). The number of carbonyl (C=O) groups is 1. The second-order valence-corrected chi connectivity index (χ2v) is 7.98. The molecule has 1 amide bonds. The summed E-state index contributed by atoms with van der Waals surface area (Å²) in [6, 6.07) is 14.9. The monoisotopic (exact) mass is 459 g/mol. The first-order chi connectivity index (χ1) is 15.3. The molecule has 0 aliphatic rings. The molecule has 1 N–H and O–H groups in total. The number of fused-ring (bicyclic) bond motifs is 1. The Morgan fingerprint density at radius 1 is 1.06 bits per heavy atom. The number of alkyl halides is 3. The lowest BCUT2D eigenvalue weighted by atomic mass is 10.1. The van der Waals surface area contributed by atoms with Crippen LogP contribution in [0, 0.1) is 5.82 Å². The average Bonchev–Trinajstić information content (AvgIpc) is 3.19. The summed E-state index contributed by atoms with van der Waals surface area (Å²) in [6.07, 6.45) is -0.926. The quantitative estimate of drug-likeness (QED) is 0.297. The molecule has 164 valence electrons. The van der Waals surface area contributed by atoms with Gasteiger partial charge < -0.3 is 9.72 Å². The van der Waals surface area contributed by atoms with E-state index in [0.29, 0.717) is 22.3 Å². The maximum Gasteiger partial charge on any atom is 0.416 e. The van der Waals surface area contributed by atoms with E-state index in [9.17, 15) is 22.4 Å². The zero-order chi connectivity index (χ0) is 22.7. The van der Waals surface area contributed by atoms with E-state index in [2.05, 4.69) is 10.3 Å². The number of thioether (sulfide) groups is 1. The van der Waals surface area contributed by atoms with E-state index in [1.54, 1.807) is 24.3 Å². The van der Waals surface area contributed by atoms with Gasteiger partial charge in [-0.05, 0) is 42.0 Å². The average molecular weight is 459 g/mol. The SMILES string of the molecule is O=C(NCc1ccc(F)cc1C(F)(F)F)c1ccccc1SCc1cn2ccccc2n1. The summed E-state index contributed by atoms with van der Waals surface area (Å²) in [4.78, 5) is 17.9. The lowest BCUT2D eigenvalue weighted by molar-refractivity contribution is -0.138. The Balaban J connectivity index is 1.47. The molecule has 0 aliphatic carbocycles. The number of hydrogen-bond donors (Lipinski definition) is 1. The Kier molecular flexibility index (Phi) is 6.18. The first-order valence-electron chi connectivity index (χ1n) is 9.59. The molecule has 0 bridgehead atoms. The number of carbonyl (C=O) groups excluding carboxylic acids is 1. The van der Waals surface area contributed by atoms with Gasteiger partial charge in [0.2, 0.25) is 0 Å². The van der Waals surface area contributed by atoms with Gasteiger partial charge in [-0.2, -0.15) is 13.2 Å². The van der Waals surface area contributed by atoms with Gasteiger partial charge in [-0.15, -0.1) is 11.8 Å². The molecule has 0 atom stereocenters. The maximum absolute atomic E-state index is 13.3. The van der Waals surface area contributed by atoms with Gasteiger partial charge in [0.05, 0.1) is 16.8 Å². The molecule has 4 nitrogen and oxygen atoms in total. The number of hydrogen-bond acceptors (Lipinski definition) is 3. The van der Waals surface area contributed by atoms with Gasteiger partial charge in [0.25, 0.3) is 5.91 Å². The molecule has 0 saturated carbocycles. The van der Waals surface area contributed by atoms with E-state index in [1.807, 2.05) is 35.0 Å². The minimum Gasteiger partial charge on any atom is -0.348 e. The van der Waals surface area contributed by atoms with Crippen LogP contribution in [-0.4, -0.2) is 15.3 Å². The van der Waals surface area contributed by atoms with Crippen molar-refractivity contribution >= 4 is 23.3 Å². The van der Waals surface area contributed by atoms with Gasteiger partial charge in [0.1, 0.15) is 11.5 Å². The Labute approximate surface area is 185 Å². The molecule has 2 aromatic carbocycles. The van der Waals surface area contributed by atoms with E-state index in [1.165, 1.54) is 11.8 Å². The number of nitrogens with one attached hydrogen (secondary N) is 1. The van der Waals surface area contributed by atoms with Crippen molar-refractivity contribution in [3.8, 4) is 0 Å². The number of rotatable bonds is 6. The fourth-order valence-corrected chi connectivity index (χ4v) is 4.16. The zero-order valence-corrected chi connectivity index (χ0v) is 17.4. The smallest absolute Gasteiger partial charge is 0.348 e. The summed E-state index contributed by atoms with van der Waals surface area (Å²) in [7, 11) is 0. The zero-order valence-electron chi connectivity index (χ0n) is 16.6. The first kappa shape index (κ1) is 21.9. The van der Waals surface area contributed by atoms with E-state index >= 15 is 0 Å². The van der Waals surface area contributed by atoms with Crippen molar-refractivity contribution in [1.82, 2.24) is 14.7 Å². The van der Waals surface area contributed by atoms with E-state index in [-0.39, 0.29) is 12.1 Å². The lowest BCUT2D eigenvalue weighted by Crippen LogP contribution is -2.25. The van der Waals surface area contributed by atoms with Crippen LogP contribution in [0.3, 0.4) is 0 Å². The number of benzene rings is 2. The van der Waals surface area contributed by atoms with Gasteiger partial charge in [-0.1, -0.05) is 24.3 Å². The van der Waals surface area contributed by atoms with E-state index < -0.39 is 23.5 Å². The summed E-state index contributed by atoms with van der Waals surface area (Å²) in [5.74, 6) is -0.982. The topological polar surface area (TPSA) is 46.4 Å². The third-order valence-electron chi connectivity index (χ3n) is 4.74. The number of halogens is 4. The summed E-state index contributed by atoms with van der Waals surface area (Å²) in [5.41, 5.74) is 0.678. The summed E-state index contributed by atoms with van der Waals surface area (Å²) in [6.45, 7) is -0.376. The Bertz CT molecular complexity index is 1240. The molecule has 0 fully saturated rings. The highest BCUT2D eigenvalue weighted by Gasteiger charge is 2.33. The number of nitrogens with zero attached hydrogens (tertiary/aromatic N) is 2. The second kappa shape index (κ2) is 9.04. The number of pyridine rings is 1. The van der Waals surface area contributed by atoms with Crippen LogP contribution < -0.4 is 5.32 Å². The molecular formula is C23H17F4N3OS. The highest BCUT2D eigenvalue weighted by Crippen LogP contribution is 2.32. The van der Waals surface area contributed by atoms with Crippen LogP contribution in [0.5, 0.6) is 0 Å². The molecular weight excluding hydrogens is 442 g/mol. The second-order valence-electron chi connectivity index (χ2n) is 6.97. The van der Waals surface area contributed by atoms with Crippen molar-refractivity contribution in [2.75, 3.05) is 0 Å². The predicted molar refractivity (Wildman–Crippen MR) is 114 cm³/mol. The van der Waals surface area contributed by atoms with Crippen LogP contribution in [-0.2, 0) is 18.5 Å². The number of amides is 1. The molecule has 0 saturated heterocycles. The number of imidazole rings is 1. The minimum atomic E-state index is -4.72. The summed E-state index contributed by atoms with van der Waals surface area (Å²) < 4.78 is 54.8. The van der Waals surface area contributed by atoms with Crippen molar-refractivity contribution in [3.05, 3.63) is 101 Å². The van der Waals surface area contributed by atoms with Crippen molar-refractivity contribution in [3.63, 3.8) is 0 Å². The van der Waals surface area contributed by atoms with Crippen LogP contribution >= 0.6 is 11.8 Å². The third kappa shape index (κ3) is 4.94. The Morgan fingerprint density at radius 3 is 2.62 bits per heavy atom. The molecule has 4 aromatic rings. The van der Waals surface area contributed by atoms with Gasteiger partial charge in [0, 0.05) is 29.6 Å². The summed E-state index contributed by atoms with van der Waals surface area (Å²) in [5, 5.41) is 2.51. The Morgan fingerprint density at radius 2 is 1.84 bits per heavy atom. The third-order valence-corrected chi connectivity index (χ3v) is 5.84. The van der Waals surface area contributed by atoms with Gasteiger partial charge >= 0.3 is 6.18 Å². The van der Waals surface area contributed by atoms with Crippen molar-refractivity contribution in [1.29, 1.82) is 0 Å². The van der Waals surface area contributed by atoms with E-state index in [4.69, 9.17) is 0 Å². The molecule has 0 radical (unpaired) electrons. The predicted octanol–water partition coefficient (Wildman–Crippen LogP) is 5.71. The van der Waals surface area contributed by atoms with Crippen LogP contribution in [0.2, 0.25) is 0 Å². The van der Waals surface area contributed by atoms with Gasteiger partial charge in [-0.25, -0.2) is 9.37 Å². The highest BCUT2D eigenvalue weighted by atomic mass is 32.2. The fraction of sp³-hybridized carbons (Fsp3) is 0.130. The molecule has 0 unspecified atom stereocenters. The van der Waals surface area contributed by atoms with Crippen LogP contribution in [0.15, 0.2) is 78.0 Å². The minimum absolute atomic E-state index is 0.206. The molecule has 0 spiro atoms. The molecule has 4 rings (SSSR count). The van der Waals surface area contributed by atoms with Gasteiger partial charge in [-0.3, -0.25) is 4.79 Å². The van der Waals surface area contributed by atoms with Gasteiger partial charge in [0.15, 0.2) is 0 Å². The fourth-order valence-electron chi connectivity index (χ4n) is 3.23. The summed E-state index contributed by atoms with van der Waals surface area (Å²) >= 11 is 1.41. The molecule has 2 aromatic heterocycles. The largest absolute Gasteiger partial charge is 0.416 e. The molecule has 32 heavy (non-hydrogen) atoms. The maximum atomic E-state index is 13.3. The van der Waals surface area contributed by atoms with Crippen LogP contribution in [0.1, 0.15) is 27.2 Å². The normalized spacial score (nSPS) is 11.6. The lowest BCUT2D eigenvalue weighted by Gasteiger charge is -2.14. The van der Waals surface area contributed by atoms with Crippen LogP contribution in [0.4, 0.5) is 17.6 Å². The van der Waals surface area contributed by atoms with Crippen molar-refractivity contribution in [2.45, 2.75) is 23.4 Å². The first-order valence-corrected chi connectivity index (χ1v) is 10.6. The Hall–Kier alpha value is -3.33. The van der Waals surface area contributed by atoms with Crippen molar-refractivity contribution in [2.24, 2.45) is 0 Å².